The van der Waals surface area contributed by atoms with Crippen LogP contribution in [0.25, 0.3) is 0 Å². The largest absolute Gasteiger partial charge is 0.481 e. The lowest BCUT2D eigenvalue weighted by molar-refractivity contribution is -0.147. The van der Waals surface area contributed by atoms with Gasteiger partial charge in [-0.1, -0.05) is 13.8 Å². The van der Waals surface area contributed by atoms with Crippen molar-refractivity contribution in [3.8, 4) is 0 Å². The average Bonchev–Trinajstić information content (AvgIpc) is 2.35. The highest BCUT2D eigenvalue weighted by Gasteiger charge is 2.25. The molecule has 0 fully saturated rings. The zero-order chi connectivity index (χ0) is 15.7. The quantitative estimate of drug-likeness (QED) is 0.470. The lowest BCUT2D eigenvalue weighted by Crippen LogP contribution is -2.51. The Morgan fingerprint density at radius 1 is 1.25 bits per heavy atom. The zero-order valence-corrected chi connectivity index (χ0v) is 11.9. The van der Waals surface area contributed by atoms with E-state index in [0.29, 0.717) is 6.61 Å². The lowest BCUT2D eigenvalue weighted by Gasteiger charge is -2.19. The number of esters is 1. The zero-order valence-electron chi connectivity index (χ0n) is 11.9. The van der Waals surface area contributed by atoms with Crippen molar-refractivity contribution in [1.29, 1.82) is 0 Å². The van der Waals surface area contributed by atoms with Crippen LogP contribution in [0.3, 0.4) is 0 Å². The van der Waals surface area contributed by atoms with E-state index in [1.165, 1.54) is 7.11 Å². The van der Waals surface area contributed by atoms with Crippen molar-refractivity contribution in [2.75, 3.05) is 20.3 Å². The van der Waals surface area contributed by atoms with E-state index in [4.69, 9.17) is 15.6 Å². The van der Waals surface area contributed by atoms with E-state index in [9.17, 15) is 14.4 Å². The van der Waals surface area contributed by atoms with E-state index in [1.807, 2.05) is 13.8 Å². The van der Waals surface area contributed by atoms with Crippen LogP contribution in [-0.4, -0.2) is 55.4 Å². The molecule has 0 spiro atoms. The van der Waals surface area contributed by atoms with Gasteiger partial charge in [0.2, 0.25) is 5.91 Å². The summed E-state index contributed by atoms with van der Waals surface area (Å²) in [7, 11) is 1.18. The monoisotopic (exact) mass is 290 g/mol. The maximum atomic E-state index is 11.6. The number of methoxy groups -OCH3 is 1. The van der Waals surface area contributed by atoms with Gasteiger partial charge in [-0.2, -0.15) is 0 Å². The fraction of sp³-hybridized carbons (Fsp3) is 0.750. The van der Waals surface area contributed by atoms with E-state index in [-0.39, 0.29) is 12.5 Å². The molecule has 0 unspecified atom stereocenters. The number of nitrogens with one attached hydrogen (secondary N) is 1. The third kappa shape index (κ3) is 7.70. The van der Waals surface area contributed by atoms with Gasteiger partial charge in [-0.05, 0) is 5.92 Å². The molecule has 0 aliphatic heterocycles. The van der Waals surface area contributed by atoms with Crippen LogP contribution < -0.4 is 11.1 Å². The van der Waals surface area contributed by atoms with Gasteiger partial charge in [-0.25, -0.2) is 4.79 Å². The molecule has 0 saturated carbocycles. The second kappa shape index (κ2) is 9.27. The molecule has 116 valence electrons. The van der Waals surface area contributed by atoms with Crippen molar-refractivity contribution in [3.63, 3.8) is 0 Å². The summed E-state index contributed by atoms with van der Waals surface area (Å²) < 4.78 is 9.81. The highest BCUT2D eigenvalue weighted by atomic mass is 16.5. The first-order valence-electron chi connectivity index (χ1n) is 6.21. The molecule has 8 nitrogen and oxygen atoms in total. The van der Waals surface area contributed by atoms with Gasteiger partial charge in [-0.15, -0.1) is 0 Å². The van der Waals surface area contributed by atoms with Crippen LogP contribution in [0.15, 0.2) is 0 Å². The Labute approximate surface area is 117 Å². The summed E-state index contributed by atoms with van der Waals surface area (Å²) in [6, 6.07) is -2.24. The number of carboxylic acid groups (broad SMARTS) is 1. The molecule has 0 aromatic rings. The molecule has 0 aliphatic rings. The SMILES string of the molecule is COC(=O)[C@H](COCC(C)C)NC(=O)[C@@H](N)CC(=O)O. The number of aliphatic carboxylic acids is 1. The minimum Gasteiger partial charge on any atom is -0.481 e. The molecule has 1 amide bonds. The Hall–Kier alpha value is -1.67. The van der Waals surface area contributed by atoms with Gasteiger partial charge in [0.25, 0.3) is 0 Å². The molecule has 0 heterocycles. The Balaban J connectivity index is 4.44. The number of carbonyl (C=O) groups excluding carboxylic acids is 2. The first-order valence-corrected chi connectivity index (χ1v) is 6.21. The molecule has 2 atom stereocenters. The van der Waals surface area contributed by atoms with E-state index in [2.05, 4.69) is 10.1 Å². The molecule has 0 radical (unpaired) electrons. The van der Waals surface area contributed by atoms with Crippen molar-refractivity contribution < 1.29 is 29.0 Å². The molecule has 0 aliphatic carbocycles. The molecule has 0 aromatic carbocycles. The maximum absolute atomic E-state index is 11.6. The summed E-state index contributed by atoms with van der Waals surface area (Å²) in [5, 5.41) is 10.9. The smallest absolute Gasteiger partial charge is 0.330 e. The number of nitrogens with two attached hydrogens (primary N) is 1. The molecule has 0 rings (SSSR count). The van der Waals surface area contributed by atoms with Gasteiger partial charge in [0.05, 0.1) is 26.2 Å². The van der Waals surface area contributed by atoms with Crippen molar-refractivity contribution in [1.82, 2.24) is 5.32 Å². The highest BCUT2D eigenvalue weighted by molar-refractivity contribution is 5.89. The van der Waals surface area contributed by atoms with Crippen LogP contribution in [0.1, 0.15) is 20.3 Å². The highest BCUT2D eigenvalue weighted by Crippen LogP contribution is 1.98. The number of hydrogen-bond donors (Lipinski definition) is 3. The second-order valence-electron chi connectivity index (χ2n) is 4.72. The van der Waals surface area contributed by atoms with Crippen molar-refractivity contribution in [3.05, 3.63) is 0 Å². The number of carbonyl (C=O) groups is 3. The third-order valence-electron chi connectivity index (χ3n) is 2.27. The van der Waals surface area contributed by atoms with Crippen molar-refractivity contribution >= 4 is 17.8 Å². The van der Waals surface area contributed by atoms with Gasteiger partial charge < -0.3 is 25.6 Å². The van der Waals surface area contributed by atoms with E-state index in [0.717, 1.165) is 0 Å². The van der Waals surface area contributed by atoms with Crippen molar-refractivity contribution in [2.24, 2.45) is 11.7 Å². The molecular formula is C12H22N2O6. The van der Waals surface area contributed by atoms with Crippen LogP contribution in [0, 0.1) is 5.92 Å². The second-order valence-corrected chi connectivity index (χ2v) is 4.72. The minimum absolute atomic E-state index is 0.0591. The number of carboxylic acids is 1. The number of ether oxygens (including phenoxy) is 2. The molecule has 0 bridgehead atoms. The number of rotatable bonds is 9. The van der Waals surface area contributed by atoms with E-state index >= 15 is 0 Å². The minimum atomic E-state index is -1.23. The first-order chi connectivity index (χ1) is 9.27. The molecule has 0 saturated heterocycles. The van der Waals surface area contributed by atoms with Crippen LogP contribution in [0.5, 0.6) is 0 Å². The van der Waals surface area contributed by atoms with Crippen LogP contribution >= 0.6 is 0 Å². The predicted octanol–water partition coefficient (Wildman–Crippen LogP) is -0.881. The standard InChI is InChI=1S/C12H22N2O6/c1-7(2)5-20-6-9(12(18)19-3)14-11(17)8(13)4-10(15)16/h7-9H,4-6,13H2,1-3H3,(H,14,17)(H,15,16)/t8-,9-/m0/s1. The molecule has 0 aromatic heterocycles. The molecule has 8 heteroatoms. The predicted molar refractivity (Wildman–Crippen MR) is 69.8 cm³/mol. The van der Waals surface area contributed by atoms with Crippen molar-refractivity contribution in [2.45, 2.75) is 32.4 Å². The summed E-state index contributed by atoms with van der Waals surface area (Å²) in [5.74, 6) is -2.34. The summed E-state index contributed by atoms with van der Waals surface area (Å²) in [4.78, 5) is 33.6. The van der Waals surface area contributed by atoms with Crippen LogP contribution in [0.4, 0.5) is 0 Å². The fourth-order valence-electron chi connectivity index (χ4n) is 1.29. The van der Waals surface area contributed by atoms with Gasteiger partial charge in [0.15, 0.2) is 6.04 Å². The number of hydrogen-bond acceptors (Lipinski definition) is 6. The fourth-order valence-corrected chi connectivity index (χ4v) is 1.29. The van der Waals surface area contributed by atoms with Crippen LogP contribution in [-0.2, 0) is 23.9 Å². The Bertz CT molecular complexity index is 345. The number of amides is 1. The Morgan fingerprint density at radius 2 is 1.85 bits per heavy atom. The van der Waals surface area contributed by atoms with Crippen LogP contribution in [0.2, 0.25) is 0 Å². The van der Waals surface area contributed by atoms with E-state index in [1.54, 1.807) is 0 Å². The third-order valence-corrected chi connectivity index (χ3v) is 2.27. The Morgan fingerprint density at radius 3 is 2.30 bits per heavy atom. The van der Waals surface area contributed by atoms with Gasteiger partial charge in [0, 0.05) is 6.61 Å². The normalized spacial score (nSPS) is 13.7. The molecular weight excluding hydrogens is 268 g/mol. The van der Waals surface area contributed by atoms with E-state index < -0.39 is 36.4 Å². The summed E-state index contributed by atoms with van der Waals surface area (Å²) in [6.45, 7) is 4.24. The summed E-state index contributed by atoms with van der Waals surface area (Å²) in [6.07, 6.45) is -0.521. The summed E-state index contributed by atoms with van der Waals surface area (Å²) >= 11 is 0. The van der Waals surface area contributed by atoms with Gasteiger partial charge in [-0.3, -0.25) is 9.59 Å². The Kier molecular flexibility index (Phi) is 8.49. The first kappa shape index (κ1) is 18.3. The lowest BCUT2D eigenvalue weighted by atomic mass is 10.2. The summed E-state index contributed by atoms with van der Waals surface area (Å²) in [5.41, 5.74) is 5.40. The topological polar surface area (TPSA) is 128 Å². The maximum Gasteiger partial charge on any atom is 0.330 e. The van der Waals surface area contributed by atoms with Gasteiger partial charge in [0.1, 0.15) is 0 Å². The van der Waals surface area contributed by atoms with Gasteiger partial charge >= 0.3 is 11.9 Å². The molecule has 4 N–H and O–H groups in total. The molecule has 20 heavy (non-hydrogen) atoms. The average molecular weight is 290 g/mol.